The molecule has 0 aliphatic heterocycles. The fraction of sp³-hybridized carbons (Fsp3) is 0.368. The number of hydrogen-bond acceptors (Lipinski definition) is 4. The lowest BCUT2D eigenvalue weighted by atomic mass is 9.88. The van der Waals surface area contributed by atoms with Gasteiger partial charge in [0.25, 0.3) is 11.8 Å². The van der Waals surface area contributed by atoms with E-state index in [1.54, 1.807) is 0 Å². The number of thiophene rings is 1. The number of hydrogen-bond donors (Lipinski definition) is 2. The summed E-state index contributed by atoms with van der Waals surface area (Å²) in [6, 6.07) is 5.65. The van der Waals surface area contributed by atoms with Crippen LogP contribution in [0.3, 0.4) is 0 Å². The van der Waals surface area contributed by atoms with Crippen LogP contribution in [-0.4, -0.2) is 18.4 Å². The van der Waals surface area contributed by atoms with Crippen molar-refractivity contribution >= 4 is 44.1 Å². The van der Waals surface area contributed by atoms with Crippen LogP contribution in [0.5, 0.6) is 5.75 Å². The number of rotatable bonds is 5. The molecule has 1 unspecified atom stereocenters. The van der Waals surface area contributed by atoms with Gasteiger partial charge in [-0.1, -0.05) is 13.0 Å². The third-order valence-electron chi connectivity index (χ3n) is 4.46. The topological polar surface area (TPSA) is 81.4 Å². The lowest BCUT2D eigenvalue weighted by Gasteiger charge is -2.18. The van der Waals surface area contributed by atoms with Crippen molar-refractivity contribution in [2.75, 3.05) is 11.9 Å². The quantitative estimate of drug-likeness (QED) is 0.740. The molecular formula is C19H21BrN2O3S. The van der Waals surface area contributed by atoms with Crippen molar-refractivity contribution in [3.05, 3.63) is 44.2 Å². The Morgan fingerprint density at radius 2 is 2.19 bits per heavy atom. The van der Waals surface area contributed by atoms with Crippen molar-refractivity contribution in [1.29, 1.82) is 0 Å². The van der Waals surface area contributed by atoms with Crippen LogP contribution in [0.1, 0.15) is 39.7 Å². The van der Waals surface area contributed by atoms with Gasteiger partial charge in [0.2, 0.25) is 0 Å². The minimum atomic E-state index is -0.491. The van der Waals surface area contributed by atoms with Gasteiger partial charge in [0.15, 0.2) is 6.61 Å². The van der Waals surface area contributed by atoms with Gasteiger partial charge in [-0.3, -0.25) is 9.59 Å². The molecule has 3 rings (SSSR count). The molecule has 1 aromatic heterocycles. The van der Waals surface area contributed by atoms with Gasteiger partial charge in [-0.25, -0.2) is 0 Å². The second-order valence-corrected chi connectivity index (χ2v) is 8.65. The van der Waals surface area contributed by atoms with E-state index in [-0.39, 0.29) is 12.5 Å². The second-order valence-electron chi connectivity index (χ2n) is 6.69. The summed E-state index contributed by atoms with van der Waals surface area (Å²) in [5.74, 6) is 0.369. The number of primary amides is 1. The molecule has 1 atom stereocenters. The van der Waals surface area contributed by atoms with Gasteiger partial charge >= 0.3 is 0 Å². The zero-order chi connectivity index (χ0) is 18.8. The Morgan fingerprint density at radius 1 is 1.42 bits per heavy atom. The van der Waals surface area contributed by atoms with Gasteiger partial charge in [0, 0.05) is 4.88 Å². The Morgan fingerprint density at radius 3 is 2.88 bits per heavy atom. The van der Waals surface area contributed by atoms with E-state index in [9.17, 15) is 9.59 Å². The Hall–Kier alpha value is -1.86. The van der Waals surface area contributed by atoms with Crippen molar-refractivity contribution in [3.8, 4) is 5.75 Å². The van der Waals surface area contributed by atoms with Crippen LogP contribution < -0.4 is 15.8 Å². The molecule has 2 aromatic rings. The molecule has 0 bridgehead atoms. The average Bonchev–Trinajstić information content (AvgIpc) is 2.90. The third kappa shape index (κ3) is 4.10. The average molecular weight is 437 g/mol. The number of fused-ring (bicyclic) bond motifs is 1. The van der Waals surface area contributed by atoms with Crippen LogP contribution in [0.25, 0.3) is 0 Å². The number of aryl methyl sites for hydroxylation is 1. The van der Waals surface area contributed by atoms with Crippen molar-refractivity contribution < 1.29 is 14.3 Å². The standard InChI is InChI=1S/C19H21BrN2O3S/c1-10-4-6-14(13(20)7-10)25-9-16(23)22-19-17(18(21)24)12-5-3-11(2)8-15(12)26-19/h4,6-7,11H,3,5,8-9H2,1-2H3,(H2,21,24)(H,22,23). The highest BCUT2D eigenvalue weighted by Crippen LogP contribution is 2.39. The largest absolute Gasteiger partial charge is 0.483 e. The molecule has 7 heteroatoms. The Bertz CT molecular complexity index is 863. The van der Waals surface area contributed by atoms with Crippen LogP contribution in [0, 0.1) is 12.8 Å². The molecule has 0 saturated carbocycles. The zero-order valence-corrected chi connectivity index (χ0v) is 17.1. The van der Waals surface area contributed by atoms with Gasteiger partial charge in [0.05, 0.1) is 10.0 Å². The first-order chi connectivity index (χ1) is 12.3. The summed E-state index contributed by atoms with van der Waals surface area (Å²) in [6.07, 6.45) is 2.78. The molecule has 1 heterocycles. The minimum Gasteiger partial charge on any atom is -0.483 e. The highest BCUT2D eigenvalue weighted by molar-refractivity contribution is 9.10. The lowest BCUT2D eigenvalue weighted by Crippen LogP contribution is -2.22. The summed E-state index contributed by atoms with van der Waals surface area (Å²) in [5.41, 5.74) is 8.13. The summed E-state index contributed by atoms with van der Waals surface area (Å²) in [6.45, 7) is 4.03. The zero-order valence-electron chi connectivity index (χ0n) is 14.7. The van der Waals surface area contributed by atoms with E-state index in [1.165, 1.54) is 11.3 Å². The van der Waals surface area contributed by atoms with Gasteiger partial charge in [0.1, 0.15) is 10.8 Å². The number of nitrogens with two attached hydrogens (primary N) is 1. The first-order valence-electron chi connectivity index (χ1n) is 8.48. The summed E-state index contributed by atoms with van der Waals surface area (Å²) < 4.78 is 6.37. The van der Waals surface area contributed by atoms with Crippen molar-refractivity contribution in [2.24, 2.45) is 11.7 Å². The first-order valence-corrected chi connectivity index (χ1v) is 10.1. The number of halogens is 1. The highest BCUT2D eigenvalue weighted by atomic mass is 79.9. The second kappa shape index (κ2) is 7.80. The summed E-state index contributed by atoms with van der Waals surface area (Å²) in [7, 11) is 0. The Kier molecular flexibility index (Phi) is 5.67. The van der Waals surface area contributed by atoms with E-state index in [0.29, 0.717) is 22.2 Å². The SMILES string of the molecule is Cc1ccc(OCC(=O)Nc2sc3c(c2C(N)=O)CCC(C)C3)c(Br)c1. The number of nitrogens with one attached hydrogen (secondary N) is 1. The van der Waals surface area contributed by atoms with Crippen LogP contribution in [0.15, 0.2) is 22.7 Å². The maximum Gasteiger partial charge on any atom is 0.262 e. The predicted octanol–water partition coefficient (Wildman–Crippen LogP) is 4.06. The number of carbonyl (C=O) groups is 2. The van der Waals surface area contributed by atoms with Gasteiger partial charge in [-0.05, 0) is 71.3 Å². The third-order valence-corrected chi connectivity index (χ3v) is 6.25. The highest BCUT2D eigenvalue weighted by Gasteiger charge is 2.27. The molecular weight excluding hydrogens is 416 g/mol. The lowest BCUT2D eigenvalue weighted by molar-refractivity contribution is -0.118. The van der Waals surface area contributed by atoms with E-state index in [1.807, 2.05) is 25.1 Å². The van der Waals surface area contributed by atoms with E-state index in [0.717, 1.165) is 39.7 Å². The normalized spacial score (nSPS) is 16.0. The van der Waals surface area contributed by atoms with Crippen LogP contribution in [-0.2, 0) is 17.6 Å². The maximum absolute atomic E-state index is 12.3. The molecule has 1 aromatic carbocycles. The maximum atomic E-state index is 12.3. The number of carbonyl (C=O) groups excluding carboxylic acids is 2. The minimum absolute atomic E-state index is 0.140. The smallest absolute Gasteiger partial charge is 0.262 e. The van der Waals surface area contributed by atoms with Crippen molar-refractivity contribution in [2.45, 2.75) is 33.1 Å². The molecule has 3 N–H and O–H groups in total. The Labute approximate surface area is 165 Å². The van der Waals surface area contributed by atoms with Gasteiger partial charge in [-0.15, -0.1) is 11.3 Å². The number of amides is 2. The first kappa shape index (κ1) is 18.9. The number of benzene rings is 1. The van der Waals surface area contributed by atoms with E-state index in [4.69, 9.17) is 10.5 Å². The predicted molar refractivity (Wildman–Crippen MR) is 107 cm³/mol. The molecule has 1 aliphatic rings. The van der Waals surface area contributed by atoms with Crippen molar-refractivity contribution in [1.82, 2.24) is 0 Å². The van der Waals surface area contributed by atoms with Crippen LogP contribution in [0.2, 0.25) is 0 Å². The molecule has 5 nitrogen and oxygen atoms in total. The fourth-order valence-corrected chi connectivity index (χ4v) is 5.17. The number of ether oxygens (including phenoxy) is 1. The fourth-order valence-electron chi connectivity index (χ4n) is 3.13. The van der Waals surface area contributed by atoms with E-state index >= 15 is 0 Å². The molecule has 0 fully saturated rings. The van der Waals surface area contributed by atoms with Crippen LogP contribution >= 0.6 is 27.3 Å². The summed E-state index contributed by atoms with van der Waals surface area (Å²) in [5, 5.41) is 3.34. The van der Waals surface area contributed by atoms with Crippen molar-refractivity contribution in [3.63, 3.8) is 0 Å². The number of anilines is 1. The summed E-state index contributed by atoms with van der Waals surface area (Å²) >= 11 is 4.87. The molecule has 0 radical (unpaired) electrons. The van der Waals surface area contributed by atoms with Gasteiger partial charge < -0.3 is 15.8 Å². The monoisotopic (exact) mass is 436 g/mol. The van der Waals surface area contributed by atoms with Gasteiger partial charge in [-0.2, -0.15) is 0 Å². The van der Waals surface area contributed by atoms with Crippen LogP contribution in [0.4, 0.5) is 5.00 Å². The molecule has 1 aliphatic carbocycles. The van der Waals surface area contributed by atoms with E-state index in [2.05, 4.69) is 28.2 Å². The molecule has 0 saturated heterocycles. The summed E-state index contributed by atoms with van der Waals surface area (Å²) in [4.78, 5) is 25.4. The molecule has 26 heavy (non-hydrogen) atoms. The Balaban J connectivity index is 1.72. The molecule has 2 amide bonds. The van der Waals surface area contributed by atoms with E-state index < -0.39 is 5.91 Å². The molecule has 138 valence electrons. The molecule has 0 spiro atoms.